The molecule has 1 aromatic heterocycles. The van der Waals surface area contributed by atoms with Crippen molar-refractivity contribution < 1.29 is 4.42 Å². The SMILES string of the molecule is c1ccc([PH](Cc2ccoc2)(c2ccccc2)c2ccccc2)cc1. The van der Waals surface area contributed by atoms with Gasteiger partial charge < -0.3 is 0 Å². The molecule has 1 nitrogen and oxygen atoms in total. The molecule has 0 unspecified atom stereocenters. The molecule has 0 radical (unpaired) electrons. The van der Waals surface area contributed by atoms with Gasteiger partial charge in [-0.3, -0.25) is 0 Å². The van der Waals surface area contributed by atoms with Gasteiger partial charge in [-0.2, -0.15) is 0 Å². The van der Waals surface area contributed by atoms with Gasteiger partial charge in [-0.15, -0.1) is 0 Å². The van der Waals surface area contributed by atoms with Crippen molar-refractivity contribution in [1.82, 2.24) is 0 Å². The number of rotatable bonds is 5. The average Bonchev–Trinajstić information content (AvgIpc) is 3.21. The van der Waals surface area contributed by atoms with Crippen LogP contribution in [-0.4, -0.2) is 0 Å². The Morgan fingerprint density at radius 3 is 1.36 bits per heavy atom. The first-order chi connectivity index (χ1) is 12.4. The molecule has 4 aromatic rings. The van der Waals surface area contributed by atoms with Crippen LogP contribution in [0, 0.1) is 0 Å². The summed E-state index contributed by atoms with van der Waals surface area (Å²) in [5.41, 5.74) is 1.25. The van der Waals surface area contributed by atoms with E-state index in [-0.39, 0.29) is 0 Å². The van der Waals surface area contributed by atoms with Gasteiger partial charge in [0.2, 0.25) is 0 Å². The Morgan fingerprint density at radius 1 is 0.560 bits per heavy atom. The third-order valence-electron chi connectivity index (χ3n) is 4.85. The summed E-state index contributed by atoms with van der Waals surface area (Å²) in [6.07, 6.45) is 4.65. The molecule has 4 rings (SSSR count). The van der Waals surface area contributed by atoms with Crippen molar-refractivity contribution in [1.29, 1.82) is 0 Å². The van der Waals surface area contributed by atoms with Crippen molar-refractivity contribution in [2.24, 2.45) is 0 Å². The van der Waals surface area contributed by atoms with E-state index in [4.69, 9.17) is 4.42 Å². The summed E-state index contributed by atoms with van der Waals surface area (Å²) in [7, 11) is -2.19. The van der Waals surface area contributed by atoms with Crippen molar-refractivity contribution in [2.45, 2.75) is 6.16 Å². The Balaban J connectivity index is 2.01. The zero-order valence-corrected chi connectivity index (χ0v) is 15.0. The molecule has 0 bridgehead atoms. The van der Waals surface area contributed by atoms with E-state index in [9.17, 15) is 0 Å². The first kappa shape index (κ1) is 15.9. The summed E-state index contributed by atoms with van der Waals surface area (Å²) in [5.74, 6) is 0. The van der Waals surface area contributed by atoms with Crippen LogP contribution in [0.2, 0.25) is 0 Å². The van der Waals surface area contributed by atoms with Gasteiger partial charge in [-0.1, -0.05) is 0 Å². The van der Waals surface area contributed by atoms with Gasteiger partial charge in [-0.05, 0) is 0 Å². The third-order valence-corrected chi connectivity index (χ3v) is 9.74. The van der Waals surface area contributed by atoms with Crippen molar-refractivity contribution in [3.05, 3.63) is 115 Å². The Hall–Kier alpha value is -2.63. The molecule has 0 aliphatic heterocycles. The predicted molar refractivity (Wildman–Crippen MR) is 109 cm³/mol. The van der Waals surface area contributed by atoms with E-state index in [1.807, 2.05) is 6.26 Å². The Morgan fingerprint density at radius 2 is 1.00 bits per heavy atom. The summed E-state index contributed by atoms with van der Waals surface area (Å²) in [6, 6.07) is 35.0. The average molecular weight is 344 g/mol. The molecule has 0 atom stereocenters. The van der Waals surface area contributed by atoms with Crippen LogP contribution >= 0.6 is 7.26 Å². The number of hydrogen-bond acceptors (Lipinski definition) is 1. The van der Waals surface area contributed by atoms with Gasteiger partial charge in [0.05, 0.1) is 0 Å². The fraction of sp³-hybridized carbons (Fsp3) is 0.0435. The molecule has 2 heteroatoms. The second kappa shape index (κ2) is 7.09. The van der Waals surface area contributed by atoms with Crippen LogP contribution < -0.4 is 15.9 Å². The first-order valence-corrected chi connectivity index (χ1v) is 10.8. The maximum atomic E-state index is 5.39. The van der Waals surface area contributed by atoms with Crippen molar-refractivity contribution in [2.75, 3.05) is 0 Å². The van der Waals surface area contributed by atoms with E-state index in [0.29, 0.717) is 0 Å². The van der Waals surface area contributed by atoms with Crippen LogP contribution in [0.3, 0.4) is 0 Å². The summed E-state index contributed by atoms with van der Waals surface area (Å²) in [6.45, 7) is 0. The van der Waals surface area contributed by atoms with E-state index >= 15 is 0 Å². The van der Waals surface area contributed by atoms with Crippen LogP contribution in [0.5, 0.6) is 0 Å². The number of furan rings is 1. The molecule has 0 saturated heterocycles. The minimum absolute atomic E-state index is 0.988. The molecule has 0 aliphatic rings. The fourth-order valence-electron chi connectivity index (χ4n) is 3.67. The molecular formula is C23H21OP. The molecule has 0 amide bonds. The van der Waals surface area contributed by atoms with Crippen molar-refractivity contribution in [3.63, 3.8) is 0 Å². The van der Waals surface area contributed by atoms with Crippen molar-refractivity contribution >= 4 is 23.2 Å². The fourth-order valence-corrected chi connectivity index (χ4v) is 8.38. The van der Waals surface area contributed by atoms with E-state index in [1.165, 1.54) is 21.5 Å². The molecule has 0 N–H and O–H groups in total. The Kier molecular flexibility index (Phi) is 4.50. The molecule has 1 heterocycles. The van der Waals surface area contributed by atoms with Gasteiger partial charge >= 0.3 is 149 Å². The summed E-state index contributed by atoms with van der Waals surface area (Å²) in [4.78, 5) is 0. The second-order valence-electron chi connectivity index (χ2n) is 6.31. The molecule has 0 spiro atoms. The van der Waals surface area contributed by atoms with E-state index < -0.39 is 7.26 Å². The predicted octanol–water partition coefficient (Wildman–Crippen LogP) is 4.51. The van der Waals surface area contributed by atoms with Crippen LogP contribution in [0.1, 0.15) is 5.56 Å². The minimum atomic E-state index is -2.19. The van der Waals surface area contributed by atoms with Gasteiger partial charge in [0, 0.05) is 0 Å². The standard InChI is InChI=1S/C23H21OP/c1-4-10-21(11-5-1)25(19-20-16-17-24-18-20,22-12-6-2-7-13-22)23-14-8-3-9-15-23/h1-18,25H,19H2. The zero-order valence-electron chi connectivity index (χ0n) is 14.0. The second-order valence-corrected chi connectivity index (χ2v) is 10.2. The molecule has 25 heavy (non-hydrogen) atoms. The molecule has 0 fully saturated rings. The number of benzene rings is 3. The maximum absolute atomic E-state index is 5.39. The Labute approximate surface area is 149 Å². The molecule has 124 valence electrons. The zero-order chi connectivity index (χ0) is 17.0. The van der Waals surface area contributed by atoms with E-state index in [1.54, 1.807) is 6.26 Å². The normalized spacial score (nSPS) is 12.0. The molecule has 3 aromatic carbocycles. The van der Waals surface area contributed by atoms with E-state index in [2.05, 4.69) is 97.1 Å². The van der Waals surface area contributed by atoms with E-state index in [0.717, 1.165) is 6.16 Å². The van der Waals surface area contributed by atoms with Crippen LogP contribution in [0.4, 0.5) is 0 Å². The molecule has 0 aliphatic carbocycles. The number of hydrogen-bond donors (Lipinski definition) is 0. The van der Waals surface area contributed by atoms with Gasteiger partial charge in [0.15, 0.2) is 0 Å². The van der Waals surface area contributed by atoms with Gasteiger partial charge in [0.1, 0.15) is 0 Å². The van der Waals surface area contributed by atoms with Crippen LogP contribution in [0.25, 0.3) is 0 Å². The monoisotopic (exact) mass is 344 g/mol. The topological polar surface area (TPSA) is 13.1 Å². The quantitative estimate of drug-likeness (QED) is 0.486. The third kappa shape index (κ3) is 3.04. The summed E-state index contributed by atoms with van der Waals surface area (Å²) < 4.78 is 5.39. The van der Waals surface area contributed by atoms with Crippen LogP contribution in [-0.2, 0) is 6.16 Å². The molecular weight excluding hydrogens is 323 g/mol. The molecule has 0 saturated carbocycles. The first-order valence-electron chi connectivity index (χ1n) is 8.57. The van der Waals surface area contributed by atoms with Crippen molar-refractivity contribution in [3.8, 4) is 0 Å². The van der Waals surface area contributed by atoms with Gasteiger partial charge in [-0.25, -0.2) is 0 Å². The Bertz CT molecular complexity index is 804. The summed E-state index contributed by atoms with van der Waals surface area (Å²) in [5, 5.41) is 4.27. The van der Waals surface area contributed by atoms with Gasteiger partial charge in [0.25, 0.3) is 0 Å². The summed E-state index contributed by atoms with van der Waals surface area (Å²) >= 11 is 0. The van der Waals surface area contributed by atoms with Crippen LogP contribution in [0.15, 0.2) is 114 Å².